The van der Waals surface area contributed by atoms with Crippen molar-refractivity contribution < 1.29 is 4.79 Å². The number of carbonyl (C=O) groups is 1. The van der Waals surface area contributed by atoms with Crippen molar-refractivity contribution >= 4 is 17.5 Å². The van der Waals surface area contributed by atoms with E-state index in [0.29, 0.717) is 16.5 Å². The second-order valence-electron chi connectivity index (χ2n) is 5.56. The number of benzene rings is 2. The number of hydrogen-bond acceptors (Lipinski definition) is 1. The minimum Gasteiger partial charge on any atom is -0.335 e. The molecule has 0 unspecified atom stereocenters. The molecule has 1 fully saturated rings. The van der Waals surface area contributed by atoms with Crippen molar-refractivity contribution in [2.24, 2.45) is 0 Å². The highest BCUT2D eigenvalue weighted by Crippen LogP contribution is 2.34. The van der Waals surface area contributed by atoms with E-state index in [0.717, 1.165) is 13.0 Å². The standard InChI is InChI=1S/C18H18ClNO/c1-13-17(14-6-3-2-4-7-14)10-11-20(13)18(21)15-8-5-9-16(19)12-15/h2-9,12-13,17H,10-11H2,1H3/t13-,17-/m1/s1. The van der Waals surface area contributed by atoms with Gasteiger partial charge in [0.2, 0.25) is 0 Å². The summed E-state index contributed by atoms with van der Waals surface area (Å²) >= 11 is 5.99. The van der Waals surface area contributed by atoms with Gasteiger partial charge in [-0.05, 0) is 37.1 Å². The number of nitrogens with zero attached hydrogens (tertiary/aromatic N) is 1. The van der Waals surface area contributed by atoms with Crippen LogP contribution in [0, 0.1) is 0 Å². The third-order valence-corrected chi connectivity index (χ3v) is 4.55. The number of amides is 1. The molecule has 2 aromatic rings. The summed E-state index contributed by atoms with van der Waals surface area (Å²) in [6.45, 7) is 2.93. The topological polar surface area (TPSA) is 20.3 Å². The van der Waals surface area contributed by atoms with Crippen molar-refractivity contribution in [2.45, 2.75) is 25.3 Å². The maximum absolute atomic E-state index is 12.7. The monoisotopic (exact) mass is 299 g/mol. The van der Waals surface area contributed by atoms with E-state index in [1.165, 1.54) is 5.56 Å². The Morgan fingerprint density at radius 2 is 1.90 bits per heavy atom. The van der Waals surface area contributed by atoms with E-state index in [2.05, 4.69) is 31.2 Å². The Hall–Kier alpha value is -1.80. The maximum Gasteiger partial charge on any atom is 0.254 e. The second-order valence-corrected chi connectivity index (χ2v) is 5.99. The molecule has 3 rings (SSSR count). The maximum atomic E-state index is 12.7. The lowest BCUT2D eigenvalue weighted by Gasteiger charge is -2.25. The highest BCUT2D eigenvalue weighted by molar-refractivity contribution is 6.30. The molecule has 1 heterocycles. The Labute approximate surface area is 130 Å². The molecule has 1 aliphatic heterocycles. The van der Waals surface area contributed by atoms with Crippen molar-refractivity contribution in [2.75, 3.05) is 6.54 Å². The van der Waals surface area contributed by atoms with Gasteiger partial charge in [0.05, 0.1) is 0 Å². The zero-order valence-corrected chi connectivity index (χ0v) is 12.8. The quantitative estimate of drug-likeness (QED) is 0.807. The average molecular weight is 300 g/mol. The average Bonchev–Trinajstić information content (AvgIpc) is 2.89. The smallest absolute Gasteiger partial charge is 0.254 e. The van der Waals surface area contributed by atoms with E-state index in [-0.39, 0.29) is 11.9 Å². The van der Waals surface area contributed by atoms with E-state index in [1.54, 1.807) is 12.1 Å². The lowest BCUT2D eigenvalue weighted by molar-refractivity contribution is 0.0742. The lowest BCUT2D eigenvalue weighted by atomic mass is 9.93. The first-order valence-electron chi connectivity index (χ1n) is 7.28. The molecule has 2 atom stereocenters. The van der Waals surface area contributed by atoms with Crippen LogP contribution in [0.2, 0.25) is 5.02 Å². The Morgan fingerprint density at radius 1 is 1.14 bits per heavy atom. The lowest BCUT2D eigenvalue weighted by Crippen LogP contribution is -2.35. The number of likely N-dealkylation sites (tertiary alicyclic amines) is 1. The summed E-state index contributed by atoms with van der Waals surface area (Å²) in [5.74, 6) is 0.484. The fourth-order valence-corrected chi connectivity index (χ4v) is 3.35. The van der Waals surface area contributed by atoms with Crippen LogP contribution in [-0.2, 0) is 0 Å². The van der Waals surface area contributed by atoms with Crippen molar-refractivity contribution in [3.63, 3.8) is 0 Å². The first-order valence-corrected chi connectivity index (χ1v) is 7.66. The Morgan fingerprint density at radius 3 is 2.62 bits per heavy atom. The van der Waals surface area contributed by atoms with Gasteiger partial charge in [0.15, 0.2) is 0 Å². The molecule has 1 amide bonds. The predicted octanol–water partition coefficient (Wildman–Crippen LogP) is 4.36. The van der Waals surface area contributed by atoms with Gasteiger partial charge < -0.3 is 4.90 Å². The number of hydrogen-bond donors (Lipinski definition) is 0. The van der Waals surface area contributed by atoms with Gasteiger partial charge in [-0.2, -0.15) is 0 Å². The zero-order valence-electron chi connectivity index (χ0n) is 12.0. The summed E-state index contributed by atoms with van der Waals surface area (Å²) in [6.07, 6.45) is 1.01. The minimum absolute atomic E-state index is 0.0726. The first-order chi connectivity index (χ1) is 10.2. The summed E-state index contributed by atoms with van der Waals surface area (Å²) in [5, 5.41) is 0.604. The number of carbonyl (C=O) groups excluding carboxylic acids is 1. The Kier molecular flexibility index (Phi) is 3.98. The van der Waals surface area contributed by atoms with Gasteiger partial charge in [0.25, 0.3) is 5.91 Å². The molecular weight excluding hydrogens is 282 g/mol. The number of halogens is 1. The summed E-state index contributed by atoms with van der Waals surface area (Å²) in [6, 6.07) is 17.8. The first kappa shape index (κ1) is 14.2. The summed E-state index contributed by atoms with van der Waals surface area (Å²) in [5.41, 5.74) is 1.98. The van der Waals surface area contributed by atoms with Gasteiger partial charge in [-0.1, -0.05) is 48.0 Å². The van der Waals surface area contributed by atoms with Crippen LogP contribution in [-0.4, -0.2) is 23.4 Å². The van der Waals surface area contributed by atoms with Crippen LogP contribution in [0.25, 0.3) is 0 Å². The van der Waals surface area contributed by atoms with E-state index < -0.39 is 0 Å². The van der Waals surface area contributed by atoms with E-state index >= 15 is 0 Å². The van der Waals surface area contributed by atoms with Crippen LogP contribution in [0.4, 0.5) is 0 Å². The summed E-state index contributed by atoms with van der Waals surface area (Å²) in [4.78, 5) is 14.6. The molecule has 108 valence electrons. The SMILES string of the molecule is C[C@@H]1[C@H](c2ccccc2)CCN1C(=O)c1cccc(Cl)c1. The summed E-state index contributed by atoms with van der Waals surface area (Å²) < 4.78 is 0. The molecular formula is C18H18ClNO. The summed E-state index contributed by atoms with van der Waals surface area (Å²) in [7, 11) is 0. The van der Waals surface area contributed by atoms with Crippen molar-refractivity contribution in [3.05, 3.63) is 70.7 Å². The largest absolute Gasteiger partial charge is 0.335 e. The molecule has 0 radical (unpaired) electrons. The molecule has 21 heavy (non-hydrogen) atoms. The highest BCUT2D eigenvalue weighted by atomic mass is 35.5. The van der Waals surface area contributed by atoms with Crippen molar-refractivity contribution in [3.8, 4) is 0 Å². The van der Waals surface area contributed by atoms with Gasteiger partial charge in [-0.3, -0.25) is 4.79 Å². The Bertz CT molecular complexity index is 641. The normalized spacial score (nSPS) is 21.5. The molecule has 0 aromatic heterocycles. The molecule has 0 bridgehead atoms. The van der Waals surface area contributed by atoms with Crippen molar-refractivity contribution in [1.82, 2.24) is 4.90 Å². The van der Waals surface area contributed by atoms with Gasteiger partial charge in [-0.15, -0.1) is 0 Å². The van der Waals surface area contributed by atoms with E-state index in [4.69, 9.17) is 11.6 Å². The molecule has 1 saturated heterocycles. The van der Waals surface area contributed by atoms with E-state index in [9.17, 15) is 4.79 Å². The third kappa shape index (κ3) is 2.81. The molecule has 0 N–H and O–H groups in total. The van der Waals surface area contributed by atoms with Gasteiger partial charge in [0, 0.05) is 29.1 Å². The van der Waals surface area contributed by atoms with Crippen molar-refractivity contribution in [1.29, 1.82) is 0 Å². The van der Waals surface area contributed by atoms with Gasteiger partial charge >= 0.3 is 0 Å². The molecule has 0 spiro atoms. The molecule has 0 saturated carbocycles. The molecule has 1 aliphatic rings. The van der Waals surface area contributed by atoms with Gasteiger partial charge in [0.1, 0.15) is 0 Å². The molecule has 2 aromatic carbocycles. The predicted molar refractivity (Wildman–Crippen MR) is 85.8 cm³/mol. The zero-order chi connectivity index (χ0) is 14.8. The number of rotatable bonds is 2. The van der Waals surface area contributed by atoms with E-state index in [1.807, 2.05) is 23.1 Å². The molecule has 3 heteroatoms. The van der Waals surface area contributed by atoms with Crippen LogP contribution >= 0.6 is 11.6 Å². The molecule has 2 nitrogen and oxygen atoms in total. The Balaban J connectivity index is 1.80. The van der Waals surface area contributed by atoms with Crippen LogP contribution in [0.15, 0.2) is 54.6 Å². The molecule has 0 aliphatic carbocycles. The second kappa shape index (κ2) is 5.90. The van der Waals surface area contributed by atoms with Crippen LogP contribution in [0.1, 0.15) is 35.2 Å². The fraction of sp³-hybridized carbons (Fsp3) is 0.278. The minimum atomic E-state index is 0.0726. The van der Waals surface area contributed by atoms with Crippen LogP contribution < -0.4 is 0 Å². The fourth-order valence-electron chi connectivity index (χ4n) is 3.16. The third-order valence-electron chi connectivity index (χ3n) is 4.32. The van der Waals surface area contributed by atoms with Gasteiger partial charge in [-0.25, -0.2) is 0 Å². The highest BCUT2D eigenvalue weighted by Gasteiger charge is 2.34. The van der Waals surface area contributed by atoms with Crippen LogP contribution in [0.3, 0.4) is 0 Å². The van der Waals surface area contributed by atoms with Crippen LogP contribution in [0.5, 0.6) is 0 Å².